The van der Waals surface area contributed by atoms with Crippen molar-refractivity contribution in [3.8, 4) is 11.6 Å². The average molecular weight is 541 g/mol. The largest absolute Gasteiger partial charge is 0.543 e. The number of carbonyl (C=O) groups is 1. The topological polar surface area (TPSA) is 71.9 Å². The van der Waals surface area contributed by atoms with E-state index in [9.17, 15) is 9.90 Å². The highest BCUT2D eigenvalue weighted by Gasteiger charge is 2.47. The van der Waals surface area contributed by atoms with Gasteiger partial charge in [-0.2, -0.15) is 0 Å². The van der Waals surface area contributed by atoms with Gasteiger partial charge in [0.1, 0.15) is 12.0 Å². The van der Waals surface area contributed by atoms with Crippen LogP contribution < -0.4 is 9.16 Å². The van der Waals surface area contributed by atoms with Crippen molar-refractivity contribution in [2.24, 2.45) is 0 Å². The van der Waals surface area contributed by atoms with Crippen LogP contribution in [0.15, 0.2) is 36.5 Å². The van der Waals surface area contributed by atoms with Gasteiger partial charge in [-0.05, 0) is 66.1 Å². The first-order valence-corrected chi connectivity index (χ1v) is 16.4. The number of likely N-dealkylation sites (tertiary alicyclic amines) is 1. The first-order valence-electron chi connectivity index (χ1n) is 14.3. The Balaban J connectivity index is 1.73. The molecule has 0 aliphatic carbocycles. The summed E-state index contributed by atoms with van der Waals surface area (Å²) in [6, 6.07) is 9.59. The molecule has 38 heavy (non-hydrogen) atoms. The standard InChI is InChI=1S/C31H48N2O4Si/c1-9-18-36-30-13-11-27(20-32-30)31(35)14-16-33(17-15-31)28(21-34)26-10-12-29(25(8)19-26)37-38(22(2)3,23(4)5)24(6)7/h10-13,19-24,28,35H,9,14-18H2,1-8H3. The van der Waals surface area contributed by atoms with E-state index in [0.29, 0.717) is 55.0 Å². The molecule has 1 fully saturated rings. The third-order valence-corrected chi connectivity index (χ3v) is 14.4. The summed E-state index contributed by atoms with van der Waals surface area (Å²) in [7, 11) is -2.06. The quantitative estimate of drug-likeness (QED) is 0.232. The maximum atomic E-state index is 12.3. The van der Waals surface area contributed by atoms with Gasteiger partial charge in [0.15, 0.2) is 0 Å². The molecule has 1 N–H and O–H groups in total. The maximum Gasteiger partial charge on any atom is 0.258 e. The lowest BCUT2D eigenvalue weighted by atomic mass is 9.84. The molecule has 0 bridgehead atoms. The molecule has 2 aromatic rings. The van der Waals surface area contributed by atoms with E-state index in [1.165, 1.54) is 0 Å². The van der Waals surface area contributed by atoms with Gasteiger partial charge < -0.3 is 19.1 Å². The van der Waals surface area contributed by atoms with E-state index in [1.807, 2.05) is 18.2 Å². The van der Waals surface area contributed by atoms with Crippen LogP contribution in [0.25, 0.3) is 0 Å². The molecule has 6 nitrogen and oxygen atoms in total. The van der Waals surface area contributed by atoms with Gasteiger partial charge in [-0.25, -0.2) is 4.98 Å². The first kappa shape index (κ1) is 30.3. The van der Waals surface area contributed by atoms with Crippen LogP contribution in [0.2, 0.25) is 16.6 Å². The monoisotopic (exact) mass is 540 g/mol. The molecule has 1 aromatic heterocycles. The molecule has 1 saturated heterocycles. The average Bonchev–Trinajstić information content (AvgIpc) is 2.88. The number of hydrogen-bond donors (Lipinski definition) is 1. The first-order chi connectivity index (χ1) is 18.0. The second kappa shape index (κ2) is 12.8. The minimum atomic E-state index is -2.06. The van der Waals surface area contributed by atoms with Crippen LogP contribution in [0.1, 0.15) is 90.5 Å². The molecule has 0 spiro atoms. The molecule has 1 aliphatic rings. The Morgan fingerprint density at radius 3 is 2.16 bits per heavy atom. The Hall–Kier alpha value is -2.22. The van der Waals surface area contributed by atoms with E-state index in [4.69, 9.17) is 9.16 Å². The summed E-state index contributed by atoms with van der Waals surface area (Å²) in [5.74, 6) is 1.52. The fourth-order valence-corrected chi connectivity index (χ4v) is 11.6. The van der Waals surface area contributed by atoms with Crippen molar-refractivity contribution < 1.29 is 19.1 Å². The Bertz CT molecular complexity index is 1020. The van der Waals surface area contributed by atoms with Crippen LogP contribution in [0, 0.1) is 6.92 Å². The van der Waals surface area contributed by atoms with Crippen LogP contribution in [-0.4, -0.2) is 49.3 Å². The van der Waals surface area contributed by atoms with Crippen molar-refractivity contribution in [1.82, 2.24) is 9.88 Å². The Morgan fingerprint density at radius 1 is 1.05 bits per heavy atom. The molecular formula is C31H48N2O4Si. The molecule has 1 unspecified atom stereocenters. The molecule has 0 amide bonds. The van der Waals surface area contributed by atoms with Crippen molar-refractivity contribution in [3.05, 3.63) is 53.2 Å². The van der Waals surface area contributed by atoms with Gasteiger partial charge in [-0.3, -0.25) is 4.90 Å². The summed E-state index contributed by atoms with van der Waals surface area (Å²) >= 11 is 0. The minimum absolute atomic E-state index is 0.349. The predicted octanol–water partition coefficient (Wildman–Crippen LogP) is 6.96. The highest BCUT2D eigenvalue weighted by molar-refractivity contribution is 6.78. The lowest BCUT2D eigenvalue weighted by Crippen LogP contribution is -2.50. The lowest BCUT2D eigenvalue weighted by molar-refractivity contribution is -0.115. The number of piperidine rings is 1. The van der Waals surface area contributed by atoms with Crippen molar-refractivity contribution in [2.45, 2.75) is 103 Å². The summed E-state index contributed by atoms with van der Waals surface area (Å²) in [5.41, 5.74) is 3.37. The normalized spacial score (nSPS) is 17.2. The molecular weight excluding hydrogens is 492 g/mol. The SMILES string of the molecule is CCCOc1ccc(C2(O)CCN(C(C=O)c3ccc(O[Si](C(C)C)(C(C)C)C(C)C)c(C)c3)CC2)cn1. The number of carbonyl (C=O) groups excluding carboxylic acids is 1. The number of aromatic nitrogens is 1. The summed E-state index contributed by atoms with van der Waals surface area (Å²) in [5, 5.41) is 11.4. The summed E-state index contributed by atoms with van der Waals surface area (Å²) in [6.45, 7) is 19.8. The summed E-state index contributed by atoms with van der Waals surface area (Å²) < 4.78 is 12.5. The van der Waals surface area contributed by atoms with E-state index >= 15 is 0 Å². The third kappa shape index (κ3) is 6.32. The number of ether oxygens (including phenoxy) is 1. The van der Waals surface area contributed by atoms with Gasteiger partial charge in [-0.15, -0.1) is 0 Å². The number of pyridine rings is 1. The molecule has 3 rings (SSSR count). The zero-order chi connectivity index (χ0) is 28.1. The fourth-order valence-electron chi connectivity index (χ4n) is 6.30. The number of aliphatic hydroxyl groups is 1. The smallest absolute Gasteiger partial charge is 0.258 e. The molecule has 1 atom stereocenters. The van der Waals surface area contributed by atoms with Crippen molar-refractivity contribution in [3.63, 3.8) is 0 Å². The zero-order valence-electron chi connectivity index (χ0n) is 24.7. The maximum absolute atomic E-state index is 12.3. The van der Waals surface area contributed by atoms with Crippen molar-refractivity contribution in [2.75, 3.05) is 19.7 Å². The van der Waals surface area contributed by atoms with Crippen LogP contribution in [0.4, 0.5) is 0 Å². The van der Waals surface area contributed by atoms with Crippen LogP contribution in [-0.2, 0) is 10.4 Å². The van der Waals surface area contributed by atoms with Gasteiger partial charge in [0.2, 0.25) is 5.88 Å². The van der Waals surface area contributed by atoms with Crippen molar-refractivity contribution >= 4 is 14.6 Å². The molecule has 2 heterocycles. The van der Waals surface area contributed by atoms with E-state index in [0.717, 1.165) is 35.1 Å². The minimum Gasteiger partial charge on any atom is -0.543 e. The van der Waals surface area contributed by atoms with Gasteiger partial charge in [0, 0.05) is 30.9 Å². The van der Waals surface area contributed by atoms with Gasteiger partial charge in [-0.1, -0.05) is 60.6 Å². The number of rotatable bonds is 12. The highest BCUT2D eigenvalue weighted by atomic mass is 28.4. The Kier molecular flexibility index (Phi) is 10.2. The second-order valence-corrected chi connectivity index (χ2v) is 17.2. The molecule has 210 valence electrons. The predicted molar refractivity (Wildman–Crippen MR) is 156 cm³/mol. The number of nitrogens with zero attached hydrogens (tertiary/aromatic N) is 2. The van der Waals surface area contributed by atoms with Gasteiger partial charge in [0.25, 0.3) is 8.32 Å². The number of aldehydes is 1. The van der Waals surface area contributed by atoms with Crippen molar-refractivity contribution in [1.29, 1.82) is 0 Å². The van der Waals surface area contributed by atoms with E-state index in [2.05, 4.69) is 77.4 Å². The van der Waals surface area contributed by atoms with Gasteiger partial charge in [0.05, 0.1) is 18.2 Å². The zero-order valence-corrected chi connectivity index (χ0v) is 25.7. The highest BCUT2D eigenvalue weighted by Crippen LogP contribution is 2.44. The summed E-state index contributed by atoms with van der Waals surface area (Å²) in [6.07, 6.45) is 4.75. The van der Waals surface area contributed by atoms with Crippen LogP contribution in [0.5, 0.6) is 11.6 Å². The number of aryl methyl sites for hydroxylation is 1. The third-order valence-electron chi connectivity index (χ3n) is 8.41. The van der Waals surface area contributed by atoms with Crippen LogP contribution in [0.3, 0.4) is 0 Å². The molecule has 0 radical (unpaired) electrons. The lowest BCUT2D eigenvalue weighted by Gasteiger charge is -2.43. The molecule has 1 aromatic carbocycles. The number of benzene rings is 1. The van der Waals surface area contributed by atoms with E-state index in [1.54, 1.807) is 6.20 Å². The molecule has 1 aliphatic heterocycles. The van der Waals surface area contributed by atoms with Gasteiger partial charge >= 0.3 is 0 Å². The van der Waals surface area contributed by atoms with Crippen LogP contribution >= 0.6 is 0 Å². The second-order valence-electron chi connectivity index (χ2n) is 11.8. The Morgan fingerprint density at radius 2 is 1.68 bits per heavy atom. The Labute approximate surface area is 230 Å². The number of hydrogen-bond acceptors (Lipinski definition) is 6. The molecule has 0 saturated carbocycles. The van der Waals surface area contributed by atoms with E-state index in [-0.39, 0.29) is 6.04 Å². The molecule has 7 heteroatoms. The fraction of sp³-hybridized carbons (Fsp3) is 0.613. The summed E-state index contributed by atoms with van der Waals surface area (Å²) in [4.78, 5) is 18.8. The van der Waals surface area contributed by atoms with E-state index < -0.39 is 13.9 Å².